The fraction of sp³-hybridized carbons (Fsp3) is 0.615. The predicted octanol–water partition coefficient (Wildman–Crippen LogP) is 0.932. The number of carbonyl (C=O) groups excluding carboxylic acids is 1. The van der Waals surface area contributed by atoms with Crippen LogP contribution in [-0.4, -0.2) is 65.9 Å². The second kappa shape index (κ2) is 7.68. The zero-order valence-corrected chi connectivity index (χ0v) is 12.2. The normalized spacial score (nSPS) is 10.6. The number of likely N-dealkylation sites (N-methyl/N-ethyl adjacent to an activating group) is 1. The Morgan fingerprint density at radius 1 is 1.21 bits per heavy atom. The van der Waals surface area contributed by atoms with Crippen molar-refractivity contribution in [2.75, 3.05) is 45.6 Å². The molecule has 0 unspecified atom stereocenters. The molecule has 19 heavy (non-hydrogen) atoms. The van der Waals surface area contributed by atoms with Gasteiger partial charge in [-0.2, -0.15) is 0 Å². The minimum absolute atomic E-state index is 0.0719. The van der Waals surface area contributed by atoms with Crippen molar-refractivity contribution >= 4 is 11.7 Å². The lowest BCUT2D eigenvalue weighted by Crippen LogP contribution is -2.31. The Morgan fingerprint density at radius 3 is 2.37 bits per heavy atom. The van der Waals surface area contributed by atoms with Gasteiger partial charge in [0.15, 0.2) is 0 Å². The standard InChI is InChI=1S/C13H23N5O/c1-5-18(6-2)13(19)11-9-16-12(10-15-11)14-7-8-17(3)4/h9-10H,5-8H2,1-4H3,(H,14,16). The molecule has 0 spiro atoms. The summed E-state index contributed by atoms with van der Waals surface area (Å²) >= 11 is 0. The van der Waals surface area contributed by atoms with E-state index in [1.165, 1.54) is 6.20 Å². The molecule has 0 aliphatic rings. The van der Waals surface area contributed by atoms with Gasteiger partial charge in [-0.1, -0.05) is 0 Å². The molecule has 0 atom stereocenters. The van der Waals surface area contributed by atoms with E-state index >= 15 is 0 Å². The Morgan fingerprint density at radius 2 is 1.89 bits per heavy atom. The van der Waals surface area contributed by atoms with Gasteiger partial charge in [-0.05, 0) is 27.9 Å². The second-order valence-corrected chi connectivity index (χ2v) is 4.49. The lowest BCUT2D eigenvalue weighted by atomic mass is 10.3. The lowest BCUT2D eigenvalue weighted by Gasteiger charge is -2.17. The largest absolute Gasteiger partial charge is 0.368 e. The topological polar surface area (TPSA) is 61.4 Å². The van der Waals surface area contributed by atoms with Crippen LogP contribution in [-0.2, 0) is 0 Å². The number of amides is 1. The molecule has 1 amide bonds. The van der Waals surface area contributed by atoms with E-state index in [2.05, 4.69) is 20.2 Å². The first-order valence-corrected chi connectivity index (χ1v) is 6.58. The number of hydrogen-bond donors (Lipinski definition) is 1. The van der Waals surface area contributed by atoms with Gasteiger partial charge in [-0.3, -0.25) is 4.79 Å². The maximum atomic E-state index is 12.0. The average Bonchev–Trinajstić information content (AvgIpc) is 2.40. The molecular weight excluding hydrogens is 242 g/mol. The molecule has 0 bridgehead atoms. The molecular formula is C13H23N5O. The molecule has 6 heteroatoms. The Hall–Kier alpha value is -1.69. The van der Waals surface area contributed by atoms with Gasteiger partial charge in [-0.25, -0.2) is 9.97 Å². The van der Waals surface area contributed by atoms with Crippen molar-refractivity contribution in [3.8, 4) is 0 Å². The molecule has 106 valence electrons. The molecule has 1 aromatic rings. The summed E-state index contributed by atoms with van der Waals surface area (Å²) in [6.07, 6.45) is 3.13. The number of rotatable bonds is 7. The van der Waals surface area contributed by atoms with E-state index in [-0.39, 0.29) is 5.91 Å². The van der Waals surface area contributed by atoms with Crippen molar-refractivity contribution in [2.24, 2.45) is 0 Å². The van der Waals surface area contributed by atoms with Gasteiger partial charge in [0, 0.05) is 26.2 Å². The van der Waals surface area contributed by atoms with E-state index < -0.39 is 0 Å². The summed E-state index contributed by atoms with van der Waals surface area (Å²) in [5.41, 5.74) is 0.391. The van der Waals surface area contributed by atoms with Crippen LogP contribution in [0.25, 0.3) is 0 Å². The third kappa shape index (κ3) is 4.82. The van der Waals surface area contributed by atoms with Crippen molar-refractivity contribution in [1.82, 2.24) is 19.8 Å². The fourth-order valence-electron chi connectivity index (χ4n) is 1.61. The molecule has 0 fully saturated rings. The van der Waals surface area contributed by atoms with Crippen LogP contribution in [0.4, 0.5) is 5.82 Å². The highest BCUT2D eigenvalue weighted by Gasteiger charge is 2.13. The average molecular weight is 265 g/mol. The van der Waals surface area contributed by atoms with Gasteiger partial charge in [0.1, 0.15) is 11.5 Å². The Bertz CT molecular complexity index is 387. The summed E-state index contributed by atoms with van der Waals surface area (Å²) in [7, 11) is 4.03. The highest BCUT2D eigenvalue weighted by molar-refractivity contribution is 5.92. The van der Waals surface area contributed by atoms with Gasteiger partial charge < -0.3 is 15.1 Å². The smallest absolute Gasteiger partial charge is 0.274 e. The molecule has 0 saturated carbocycles. The van der Waals surface area contributed by atoms with E-state index in [0.717, 1.165) is 13.1 Å². The maximum Gasteiger partial charge on any atom is 0.274 e. The van der Waals surface area contributed by atoms with Crippen LogP contribution in [0.15, 0.2) is 12.4 Å². The van der Waals surface area contributed by atoms with Crippen LogP contribution < -0.4 is 5.32 Å². The highest BCUT2D eigenvalue weighted by Crippen LogP contribution is 2.04. The van der Waals surface area contributed by atoms with Crippen molar-refractivity contribution < 1.29 is 4.79 Å². The maximum absolute atomic E-state index is 12.0. The number of anilines is 1. The molecule has 1 N–H and O–H groups in total. The Kier molecular flexibility index (Phi) is 6.21. The zero-order chi connectivity index (χ0) is 14.3. The Balaban J connectivity index is 2.58. The van der Waals surface area contributed by atoms with Crippen LogP contribution >= 0.6 is 0 Å². The van der Waals surface area contributed by atoms with E-state index in [4.69, 9.17) is 0 Å². The summed E-state index contributed by atoms with van der Waals surface area (Å²) < 4.78 is 0. The molecule has 0 aromatic carbocycles. The quantitative estimate of drug-likeness (QED) is 0.795. The summed E-state index contributed by atoms with van der Waals surface area (Å²) in [5.74, 6) is 0.621. The number of aromatic nitrogens is 2. The lowest BCUT2D eigenvalue weighted by molar-refractivity contribution is 0.0766. The van der Waals surface area contributed by atoms with E-state index in [1.54, 1.807) is 11.1 Å². The van der Waals surface area contributed by atoms with Gasteiger partial charge in [0.2, 0.25) is 0 Å². The highest BCUT2D eigenvalue weighted by atomic mass is 16.2. The van der Waals surface area contributed by atoms with Crippen LogP contribution in [0.3, 0.4) is 0 Å². The SMILES string of the molecule is CCN(CC)C(=O)c1cnc(NCCN(C)C)cn1. The van der Waals surface area contributed by atoms with E-state index in [0.29, 0.717) is 24.6 Å². The van der Waals surface area contributed by atoms with Crippen molar-refractivity contribution in [1.29, 1.82) is 0 Å². The number of nitrogens with zero attached hydrogens (tertiary/aromatic N) is 4. The molecule has 0 aliphatic heterocycles. The summed E-state index contributed by atoms with van der Waals surface area (Å²) in [5, 5.41) is 3.16. The van der Waals surface area contributed by atoms with Crippen LogP contribution in [0.5, 0.6) is 0 Å². The third-order valence-corrected chi connectivity index (χ3v) is 2.79. The first kappa shape index (κ1) is 15.4. The molecule has 0 saturated heterocycles. The minimum atomic E-state index is -0.0719. The number of hydrogen-bond acceptors (Lipinski definition) is 5. The molecule has 0 aliphatic carbocycles. The van der Waals surface area contributed by atoms with Gasteiger partial charge in [0.05, 0.1) is 12.4 Å². The fourth-order valence-corrected chi connectivity index (χ4v) is 1.61. The first-order chi connectivity index (χ1) is 9.08. The second-order valence-electron chi connectivity index (χ2n) is 4.49. The van der Waals surface area contributed by atoms with Crippen molar-refractivity contribution in [3.05, 3.63) is 18.1 Å². The zero-order valence-electron chi connectivity index (χ0n) is 12.2. The molecule has 1 rings (SSSR count). The number of nitrogens with one attached hydrogen (secondary N) is 1. The molecule has 1 heterocycles. The van der Waals surface area contributed by atoms with Crippen LogP contribution in [0.2, 0.25) is 0 Å². The summed E-state index contributed by atoms with van der Waals surface area (Å²) in [4.78, 5) is 24.2. The van der Waals surface area contributed by atoms with Crippen molar-refractivity contribution in [2.45, 2.75) is 13.8 Å². The Labute approximate surface area is 114 Å². The van der Waals surface area contributed by atoms with Gasteiger partial charge in [-0.15, -0.1) is 0 Å². The minimum Gasteiger partial charge on any atom is -0.368 e. The molecule has 1 aromatic heterocycles. The van der Waals surface area contributed by atoms with E-state index in [9.17, 15) is 4.79 Å². The number of carbonyl (C=O) groups is 1. The van der Waals surface area contributed by atoms with Gasteiger partial charge >= 0.3 is 0 Å². The van der Waals surface area contributed by atoms with Crippen LogP contribution in [0, 0.1) is 0 Å². The van der Waals surface area contributed by atoms with Crippen LogP contribution in [0.1, 0.15) is 24.3 Å². The monoisotopic (exact) mass is 265 g/mol. The summed E-state index contributed by atoms with van der Waals surface area (Å²) in [6, 6.07) is 0. The molecule has 6 nitrogen and oxygen atoms in total. The summed E-state index contributed by atoms with van der Waals surface area (Å²) in [6.45, 7) is 6.98. The molecule has 0 radical (unpaired) electrons. The van der Waals surface area contributed by atoms with Gasteiger partial charge in [0.25, 0.3) is 5.91 Å². The van der Waals surface area contributed by atoms with Crippen molar-refractivity contribution in [3.63, 3.8) is 0 Å². The first-order valence-electron chi connectivity index (χ1n) is 6.58. The predicted molar refractivity (Wildman–Crippen MR) is 76.3 cm³/mol. The third-order valence-electron chi connectivity index (χ3n) is 2.79. The van der Waals surface area contributed by atoms with E-state index in [1.807, 2.05) is 27.9 Å².